The van der Waals surface area contributed by atoms with Crippen LogP contribution in [0, 0.1) is 0 Å². The maximum absolute atomic E-state index is 12.5. The average Bonchev–Trinajstić information content (AvgIpc) is 2.69. The Hall–Kier alpha value is -3.81. The number of aryl methyl sites for hydroxylation is 1. The minimum absolute atomic E-state index is 0.102. The third-order valence-corrected chi connectivity index (χ3v) is 3.92. The Morgan fingerprint density at radius 1 is 1.15 bits per heavy atom. The molecular formula is C19H16N4O4. The number of carbonyl (C=O) groups is 2. The normalized spacial score (nSPS) is 11.0. The van der Waals surface area contributed by atoms with Crippen LogP contribution in [0.2, 0.25) is 0 Å². The summed E-state index contributed by atoms with van der Waals surface area (Å²) in [5, 5.41) is 17.7. The number of aromatic nitrogens is 2. The summed E-state index contributed by atoms with van der Waals surface area (Å²) in [4.78, 5) is 35.6. The van der Waals surface area contributed by atoms with E-state index in [0.29, 0.717) is 22.9 Å². The lowest BCUT2D eigenvalue weighted by atomic mass is 10.1. The Labute approximate surface area is 153 Å². The molecule has 1 amide bonds. The van der Waals surface area contributed by atoms with Gasteiger partial charge in [-0.25, -0.2) is 14.9 Å². The first-order chi connectivity index (χ1) is 13.0. The molecule has 0 fully saturated rings. The van der Waals surface area contributed by atoms with Crippen molar-refractivity contribution >= 4 is 28.9 Å². The van der Waals surface area contributed by atoms with E-state index in [2.05, 4.69) is 15.6 Å². The molecule has 0 aliphatic heterocycles. The van der Waals surface area contributed by atoms with Crippen LogP contribution in [-0.4, -0.2) is 33.0 Å². The molecule has 136 valence electrons. The lowest BCUT2D eigenvalue weighted by Crippen LogP contribution is -2.28. The van der Waals surface area contributed by atoms with Crippen molar-refractivity contribution in [1.29, 1.82) is 0 Å². The predicted octanol–water partition coefficient (Wildman–Crippen LogP) is 1.88. The van der Waals surface area contributed by atoms with Gasteiger partial charge in [0.2, 0.25) is 0 Å². The van der Waals surface area contributed by atoms with Gasteiger partial charge in [0.25, 0.3) is 11.5 Å². The Kier molecular flexibility index (Phi) is 5.07. The monoisotopic (exact) mass is 364 g/mol. The SMILES string of the molecule is CCn1nc(C(=O)N/N=C\c2ccc(C(=O)O)cc2)c2ccccc2c1=O. The van der Waals surface area contributed by atoms with Crippen LogP contribution in [0.15, 0.2) is 58.4 Å². The zero-order valence-electron chi connectivity index (χ0n) is 14.4. The number of aromatic carboxylic acids is 1. The van der Waals surface area contributed by atoms with Crippen molar-refractivity contribution in [3.63, 3.8) is 0 Å². The van der Waals surface area contributed by atoms with Crippen molar-refractivity contribution < 1.29 is 14.7 Å². The van der Waals surface area contributed by atoms with Gasteiger partial charge in [-0.2, -0.15) is 10.2 Å². The first-order valence-electron chi connectivity index (χ1n) is 8.18. The number of rotatable bonds is 5. The molecule has 0 aliphatic rings. The maximum Gasteiger partial charge on any atom is 0.335 e. The van der Waals surface area contributed by atoms with Crippen LogP contribution >= 0.6 is 0 Å². The highest BCUT2D eigenvalue weighted by Crippen LogP contribution is 2.13. The number of nitrogens with one attached hydrogen (secondary N) is 1. The third-order valence-electron chi connectivity index (χ3n) is 3.92. The minimum atomic E-state index is -1.02. The topological polar surface area (TPSA) is 114 Å². The van der Waals surface area contributed by atoms with Crippen molar-refractivity contribution in [1.82, 2.24) is 15.2 Å². The molecule has 8 heteroatoms. The molecule has 8 nitrogen and oxygen atoms in total. The summed E-state index contributed by atoms with van der Waals surface area (Å²) < 4.78 is 1.23. The zero-order chi connectivity index (χ0) is 19.4. The van der Waals surface area contributed by atoms with Gasteiger partial charge >= 0.3 is 5.97 Å². The van der Waals surface area contributed by atoms with Gasteiger partial charge in [-0.3, -0.25) is 9.59 Å². The van der Waals surface area contributed by atoms with E-state index in [9.17, 15) is 14.4 Å². The maximum atomic E-state index is 12.5. The molecule has 0 saturated carbocycles. The largest absolute Gasteiger partial charge is 0.478 e. The quantitative estimate of drug-likeness (QED) is 0.530. The second kappa shape index (κ2) is 7.61. The molecule has 1 heterocycles. The average molecular weight is 364 g/mol. The van der Waals surface area contributed by atoms with Crippen LogP contribution < -0.4 is 11.0 Å². The predicted molar refractivity (Wildman–Crippen MR) is 100 cm³/mol. The number of hydrogen-bond acceptors (Lipinski definition) is 5. The lowest BCUT2D eigenvalue weighted by Gasteiger charge is -2.08. The van der Waals surface area contributed by atoms with E-state index in [1.807, 2.05) is 0 Å². The Morgan fingerprint density at radius 2 is 1.81 bits per heavy atom. The van der Waals surface area contributed by atoms with E-state index in [1.54, 1.807) is 43.3 Å². The van der Waals surface area contributed by atoms with Gasteiger partial charge in [-0.1, -0.05) is 30.3 Å². The van der Waals surface area contributed by atoms with Crippen LogP contribution in [0.5, 0.6) is 0 Å². The van der Waals surface area contributed by atoms with Crippen LogP contribution in [0.4, 0.5) is 0 Å². The first-order valence-corrected chi connectivity index (χ1v) is 8.18. The van der Waals surface area contributed by atoms with Gasteiger partial charge in [0.1, 0.15) is 0 Å². The number of hydrogen-bond donors (Lipinski definition) is 2. The number of carboxylic acids is 1. The van der Waals surface area contributed by atoms with Gasteiger partial charge in [-0.05, 0) is 30.7 Å². The van der Waals surface area contributed by atoms with Gasteiger partial charge < -0.3 is 5.11 Å². The number of hydrazone groups is 1. The van der Waals surface area contributed by atoms with Crippen LogP contribution in [-0.2, 0) is 6.54 Å². The van der Waals surface area contributed by atoms with Crippen molar-refractivity contribution in [3.8, 4) is 0 Å². The highest BCUT2D eigenvalue weighted by atomic mass is 16.4. The van der Waals surface area contributed by atoms with E-state index < -0.39 is 11.9 Å². The number of nitrogens with zero attached hydrogens (tertiary/aromatic N) is 3. The molecule has 0 saturated heterocycles. The fourth-order valence-corrected chi connectivity index (χ4v) is 2.55. The third kappa shape index (κ3) is 3.74. The van der Waals surface area contributed by atoms with Crippen LogP contribution in [0.1, 0.15) is 33.3 Å². The smallest absolute Gasteiger partial charge is 0.335 e. The Balaban J connectivity index is 1.85. The highest BCUT2D eigenvalue weighted by molar-refractivity contribution is 6.05. The van der Waals surface area contributed by atoms with Gasteiger partial charge in [0.15, 0.2) is 5.69 Å². The van der Waals surface area contributed by atoms with E-state index in [-0.39, 0.29) is 16.8 Å². The molecule has 0 spiro atoms. The number of carboxylic acid groups (broad SMARTS) is 1. The molecular weight excluding hydrogens is 348 g/mol. The molecule has 0 bridgehead atoms. The van der Waals surface area contributed by atoms with Crippen molar-refractivity contribution in [2.75, 3.05) is 0 Å². The lowest BCUT2D eigenvalue weighted by molar-refractivity contribution is 0.0696. The first kappa shape index (κ1) is 18.0. The van der Waals surface area contributed by atoms with Crippen molar-refractivity contribution in [2.45, 2.75) is 13.5 Å². The second-order valence-electron chi connectivity index (χ2n) is 5.64. The zero-order valence-corrected chi connectivity index (χ0v) is 14.4. The fraction of sp³-hybridized carbons (Fsp3) is 0.105. The molecule has 2 N–H and O–H groups in total. The number of amides is 1. The fourth-order valence-electron chi connectivity index (χ4n) is 2.55. The summed E-state index contributed by atoms with van der Waals surface area (Å²) in [6.45, 7) is 2.10. The van der Waals surface area contributed by atoms with E-state index in [1.165, 1.54) is 23.0 Å². The standard InChI is InChI=1S/C19H16N4O4/c1-2-23-18(25)15-6-4-3-5-14(15)16(22-23)17(24)21-20-11-12-7-9-13(10-8-12)19(26)27/h3-11H,2H2,1H3,(H,21,24)(H,26,27)/b20-11-. The summed E-state index contributed by atoms with van der Waals surface area (Å²) in [5.74, 6) is -1.57. The number of benzene rings is 2. The summed E-state index contributed by atoms with van der Waals surface area (Å²) in [6, 6.07) is 12.8. The van der Waals surface area contributed by atoms with E-state index in [4.69, 9.17) is 5.11 Å². The molecule has 0 atom stereocenters. The molecule has 0 radical (unpaired) electrons. The molecule has 0 aliphatic carbocycles. The summed E-state index contributed by atoms with van der Waals surface area (Å²) in [6.07, 6.45) is 1.39. The number of fused-ring (bicyclic) bond motifs is 1. The van der Waals surface area contributed by atoms with Gasteiger partial charge in [-0.15, -0.1) is 0 Å². The van der Waals surface area contributed by atoms with Gasteiger partial charge in [0, 0.05) is 11.9 Å². The molecule has 0 unspecified atom stereocenters. The number of carbonyl (C=O) groups excluding carboxylic acids is 1. The van der Waals surface area contributed by atoms with Gasteiger partial charge in [0.05, 0.1) is 17.2 Å². The minimum Gasteiger partial charge on any atom is -0.478 e. The summed E-state index contributed by atoms with van der Waals surface area (Å²) >= 11 is 0. The highest BCUT2D eigenvalue weighted by Gasteiger charge is 2.15. The summed E-state index contributed by atoms with van der Waals surface area (Å²) in [5.41, 5.74) is 3.01. The molecule has 1 aromatic heterocycles. The summed E-state index contributed by atoms with van der Waals surface area (Å²) in [7, 11) is 0. The van der Waals surface area contributed by atoms with E-state index >= 15 is 0 Å². The molecule has 27 heavy (non-hydrogen) atoms. The Bertz CT molecular complexity index is 1100. The van der Waals surface area contributed by atoms with Crippen LogP contribution in [0.3, 0.4) is 0 Å². The second-order valence-corrected chi connectivity index (χ2v) is 5.64. The van der Waals surface area contributed by atoms with Crippen molar-refractivity contribution in [3.05, 3.63) is 75.7 Å². The Morgan fingerprint density at radius 3 is 2.44 bits per heavy atom. The molecule has 3 aromatic rings. The molecule has 2 aromatic carbocycles. The van der Waals surface area contributed by atoms with Crippen LogP contribution in [0.25, 0.3) is 10.8 Å². The van der Waals surface area contributed by atoms with E-state index in [0.717, 1.165) is 0 Å². The van der Waals surface area contributed by atoms with Crippen molar-refractivity contribution in [2.24, 2.45) is 5.10 Å². The molecule has 3 rings (SSSR count).